The second-order valence-electron chi connectivity index (χ2n) is 4.96. The Morgan fingerprint density at radius 2 is 2.32 bits per heavy atom. The molecular weight excluding hydrogens is 284 g/mol. The van der Waals surface area contributed by atoms with Crippen LogP contribution >= 0.6 is 0 Å². The standard InChI is InChI=1S/C14H16N6O2/c1-19-12(2-3-18-19)11-6-10(7-15-9-11)8-17-14(22)20-5-4-16-13(20)21/h2-3,6-7,9H,4-5,8H2,1H3,(H,16,21)(H,17,22). The molecule has 1 fully saturated rings. The summed E-state index contributed by atoms with van der Waals surface area (Å²) in [6.45, 7) is 1.18. The summed E-state index contributed by atoms with van der Waals surface area (Å²) in [5.41, 5.74) is 2.72. The van der Waals surface area contributed by atoms with E-state index in [9.17, 15) is 9.59 Å². The summed E-state index contributed by atoms with van der Waals surface area (Å²) in [7, 11) is 1.86. The van der Waals surface area contributed by atoms with Crippen LogP contribution in [0.3, 0.4) is 0 Å². The SMILES string of the molecule is Cn1nccc1-c1cncc(CNC(=O)N2CCNC2=O)c1. The normalized spacial score (nSPS) is 14.0. The first-order chi connectivity index (χ1) is 10.6. The first-order valence-electron chi connectivity index (χ1n) is 6.90. The van der Waals surface area contributed by atoms with Crippen molar-refractivity contribution in [3.63, 3.8) is 0 Å². The summed E-state index contributed by atoms with van der Waals surface area (Å²) < 4.78 is 1.76. The molecule has 8 heteroatoms. The number of imide groups is 1. The van der Waals surface area contributed by atoms with Crippen molar-refractivity contribution >= 4 is 12.1 Å². The van der Waals surface area contributed by atoms with Crippen LogP contribution in [0.5, 0.6) is 0 Å². The van der Waals surface area contributed by atoms with Crippen molar-refractivity contribution in [3.8, 4) is 11.3 Å². The zero-order valence-electron chi connectivity index (χ0n) is 12.1. The maximum atomic E-state index is 11.9. The lowest BCUT2D eigenvalue weighted by molar-refractivity contribution is 0.198. The van der Waals surface area contributed by atoms with Gasteiger partial charge in [0.05, 0.1) is 5.69 Å². The molecule has 8 nitrogen and oxygen atoms in total. The Hall–Kier alpha value is -2.90. The summed E-state index contributed by atoms with van der Waals surface area (Å²) >= 11 is 0. The van der Waals surface area contributed by atoms with Crippen LogP contribution in [0.4, 0.5) is 9.59 Å². The Bertz CT molecular complexity index is 711. The lowest BCUT2D eigenvalue weighted by Gasteiger charge is -2.13. The van der Waals surface area contributed by atoms with Crippen LogP contribution in [-0.4, -0.2) is 44.8 Å². The number of aryl methyl sites for hydroxylation is 1. The molecule has 0 saturated carbocycles. The highest BCUT2D eigenvalue weighted by Gasteiger charge is 2.25. The number of rotatable bonds is 3. The van der Waals surface area contributed by atoms with E-state index < -0.39 is 6.03 Å². The summed E-state index contributed by atoms with van der Waals surface area (Å²) in [5, 5.41) is 9.43. The minimum Gasteiger partial charge on any atom is -0.336 e. The molecule has 22 heavy (non-hydrogen) atoms. The van der Waals surface area contributed by atoms with Gasteiger partial charge in [0.2, 0.25) is 0 Å². The maximum Gasteiger partial charge on any atom is 0.325 e. The molecule has 2 N–H and O–H groups in total. The average Bonchev–Trinajstić information content (AvgIpc) is 3.13. The molecule has 4 amide bonds. The Morgan fingerprint density at radius 1 is 1.45 bits per heavy atom. The second-order valence-corrected chi connectivity index (χ2v) is 4.96. The third-order valence-corrected chi connectivity index (χ3v) is 3.46. The van der Waals surface area contributed by atoms with Crippen LogP contribution in [0.2, 0.25) is 0 Å². The lowest BCUT2D eigenvalue weighted by atomic mass is 10.1. The molecule has 0 spiro atoms. The van der Waals surface area contributed by atoms with Crippen molar-refractivity contribution < 1.29 is 9.59 Å². The quantitative estimate of drug-likeness (QED) is 0.873. The fourth-order valence-corrected chi connectivity index (χ4v) is 2.32. The van der Waals surface area contributed by atoms with E-state index in [1.165, 1.54) is 0 Å². The van der Waals surface area contributed by atoms with Gasteiger partial charge in [0.25, 0.3) is 0 Å². The number of pyridine rings is 1. The predicted octanol–water partition coefficient (Wildman–Crippen LogP) is 0.717. The summed E-state index contributed by atoms with van der Waals surface area (Å²) in [6, 6.07) is 3.07. The minimum atomic E-state index is -0.402. The molecule has 0 radical (unpaired) electrons. The third kappa shape index (κ3) is 2.76. The van der Waals surface area contributed by atoms with E-state index in [2.05, 4.69) is 20.7 Å². The highest BCUT2D eigenvalue weighted by molar-refractivity contribution is 5.94. The average molecular weight is 300 g/mol. The minimum absolute atomic E-state index is 0.307. The fraction of sp³-hybridized carbons (Fsp3) is 0.286. The van der Waals surface area contributed by atoms with Crippen molar-refractivity contribution in [2.75, 3.05) is 13.1 Å². The Balaban J connectivity index is 1.67. The number of aromatic nitrogens is 3. The zero-order chi connectivity index (χ0) is 15.5. The zero-order valence-corrected chi connectivity index (χ0v) is 12.1. The van der Waals surface area contributed by atoms with Gasteiger partial charge in [-0.2, -0.15) is 5.10 Å². The molecule has 0 atom stereocenters. The third-order valence-electron chi connectivity index (χ3n) is 3.46. The molecule has 1 saturated heterocycles. The smallest absolute Gasteiger partial charge is 0.325 e. The van der Waals surface area contributed by atoms with Gasteiger partial charge in [0.15, 0.2) is 0 Å². The number of hydrogen-bond donors (Lipinski definition) is 2. The monoisotopic (exact) mass is 300 g/mol. The van der Waals surface area contributed by atoms with Gasteiger partial charge < -0.3 is 10.6 Å². The Kier molecular flexibility index (Phi) is 3.73. The van der Waals surface area contributed by atoms with Gasteiger partial charge in [0, 0.05) is 50.8 Å². The van der Waals surface area contributed by atoms with Gasteiger partial charge in [-0.15, -0.1) is 0 Å². The van der Waals surface area contributed by atoms with Crippen LogP contribution in [0.25, 0.3) is 11.3 Å². The van der Waals surface area contributed by atoms with Gasteiger partial charge in [0.1, 0.15) is 0 Å². The first kappa shape index (κ1) is 14.1. The van der Waals surface area contributed by atoms with Crippen molar-refractivity contribution in [2.24, 2.45) is 7.05 Å². The molecule has 114 valence electrons. The molecule has 0 aromatic carbocycles. The molecular formula is C14H16N6O2. The van der Waals surface area contributed by atoms with Crippen molar-refractivity contribution in [3.05, 3.63) is 36.3 Å². The van der Waals surface area contributed by atoms with E-state index in [4.69, 9.17) is 0 Å². The predicted molar refractivity (Wildman–Crippen MR) is 78.8 cm³/mol. The van der Waals surface area contributed by atoms with Gasteiger partial charge in [-0.3, -0.25) is 9.67 Å². The molecule has 3 rings (SSSR count). The molecule has 2 aromatic rings. The number of hydrogen-bond acceptors (Lipinski definition) is 4. The fourth-order valence-electron chi connectivity index (χ4n) is 2.32. The van der Waals surface area contributed by atoms with Crippen molar-refractivity contribution in [2.45, 2.75) is 6.54 Å². The highest BCUT2D eigenvalue weighted by Crippen LogP contribution is 2.18. The van der Waals surface area contributed by atoms with Crippen LogP contribution < -0.4 is 10.6 Å². The van der Waals surface area contributed by atoms with Crippen molar-refractivity contribution in [1.29, 1.82) is 0 Å². The van der Waals surface area contributed by atoms with Crippen molar-refractivity contribution in [1.82, 2.24) is 30.3 Å². The van der Waals surface area contributed by atoms with Gasteiger partial charge in [-0.1, -0.05) is 0 Å². The van der Waals surface area contributed by atoms with E-state index in [1.54, 1.807) is 23.3 Å². The van der Waals surface area contributed by atoms with E-state index in [1.807, 2.05) is 19.2 Å². The molecule has 3 heterocycles. The summed E-state index contributed by atoms with van der Waals surface area (Å²) in [5.74, 6) is 0. The maximum absolute atomic E-state index is 11.9. The molecule has 0 aliphatic carbocycles. The highest BCUT2D eigenvalue weighted by atomic mass is 16.2. The largest absolute Gasteiger partial charge is 0.336 e. The second kappa shape index (κ2) is 5.84. The number of amides is 4. The van der Waals surface area contributed by atoms with E-state index in [0.29, 0.717) is 19.6 Å². The summed E-state index contributed by atoms with van der Waals surface area (Å²) in [4.78, 5) is 28.7. The topological polar surface area (TPSA) is 92.2 Å². The first-order valence-corrected chi connectivity index (χ1v) is 6.90. The van der Waals surface area contributed by atoms with Crippen LogP contribution in [0.15, 0.2) is 30.7 Å². The van der Waals surface area contributed by atoms with E-state index >= 15 is 0 Å². The molecule has 0 unspecified atom stereocenters. The number of nitrogens with zero attached hydrogens (tertiary/aromatic N) is 4. The number of carbonyl (C=O) groups excluding carboxylic acids is 2. The van der Waals surface area contributed by atoms with E-state index in [0.717, 1.165) is 21.7 Å². The lowest BCUT2D eigenvalue weighted by Crippen LogP contribution is -2.41. The van der Waals surface area contributed by atoms with Crippen LogP contribution in [0.1, 0.15) is 5.56 Å². The molecule has 2 aromatic heterocycles. The molecule has 0 bridgehead atoms. The number of urea groups is 2. The summed E-state index contributed by atoms with van der Waals surface area (Å²) in [6.07, 6.45) is 5.15. The number of carbonyl (C=O) groups is 2. The van der Waals surface area contributed by atoms with Gasteiger partial charge in [-0.05, 0) is 17.7 Å². The molecule has 1 aliphatic rings. The van der Waals surface area contributed by atoms with Gasteiger partial charge >= 0.3 is 12.1 Å². The molecule has 1 aliphatic heterocycles. The van der Waals surface area contributed by atoms with E-state index in [-0.39, 0.29) is 6.03 Å². The van der Waals surface area contributed by atoms with Gasteiger partial charge in [-0.25, -0.2) is 14.5 Å². The Labute approximate surface area is 127 Å². The van der Waals surface area contributed by atoms with Crippen LogP contribution in [0, 0.1) is 0 Å². The van der Waals surface area contributed by atoms with Crippen LogP contribution in [-0.2, 0) is 13.6 Å². The number of nitrogens with one attached hydrogen (secondary N) is 2. The Morgan fingerprint density at radius 3 is 3.00 bits per heavy atom.